The number of likely N-dealkylation sites (tertiary alicyclic amines) is 2. The van der Waals surface area contributed by atoms with E-state index in [4.69, 9.17) is 0 Å². The van der Waals surface area contributed by atoms with Crippen molar-refractivity contribution in [1.29, 1.82) is 0 Å². The van der Waals surface area contributed by atoms with E-state index in [0.717, 1.165) is 43.9 Å². The second kappa shape index (κ2) is 7.71. The molecular weight excluding hydrogens is 310 g/mol. The summed E-state index contributed by atoms with van der Waals surface area (Å²) in [6.07, 6.45) is 9.17. The minimum absolute atomic E-state index is 0. The Morgan fingerprint density at radius 3 is 2.61 bits per heavy atom. The summed E-state index contributed by atoms with van der Waals surface area (Å²) in [7, 11) is 0. The van der Waals surface area contributed by atoms with Crippen molar-refractivity contribution in [3.63, 3.8) is 0 Å². The quantitative estimate of drug-likeness (QED) is 0.835. The van der Waals surface area contributed by atoms with Crippen molar-refractivity contribution >= 4 is 18.3 Å². The summed E-state index contributed by atoms with van der Waals surface area (Å²) in [5.41, 5.74) is 0. The first-order valence-electron chi connectivity index (χ1n) is 9.54. The van der Waals surface area contributed by atoms with Crippen LogP contribution in [-0.4, -0.2) is 61.0 Å². The number of carbonyl (C=O) groups is 1. The van der Waals surface area contributed by atoms with Crippen molar-refractivity contribution in [3.05, 3.63) is 0 Å². The number of rotatable bonds is 2. The van der Waals surface area contributed by atoms with E-state index in [1.165, 1.54) is 51.5 Å². The van der Waals surface area contributed by atoms with E-state index in [1.807, 2.05) is 0 Å². The number of nitrogens with zero attached hydrogens (tertiary/aromatic N) is 2. The summed E-state index contributed by atoms with van der Waals surface area (Å²) in [6.45, 7) is 6.29. The van der Waals surface area contributed by atoms with E-state index >= 15 is 0 Å². The molecule has 0 aromatic rings. The van der Waals surface area contributed by atoms with Gasteiger partial charge in [0.05, 0.1) is 6.54 Å². The highest BCUT2D eigenvalue weighted by atomic mass is 35.5. The van der Waals surface area contributed by atoms with Gasteiger partial charge in [-0.1, -0.05) is 12.8 Å². The number of nitrogens with one attached hydrogen (secondary N) is 1. The maximum absolute atomic E-state index is 12.9. The topological polar surface area (TPSA) is 35.6 Å². The van der Waals surface area contributed by atoms with Crippen molar-refractivity contribution in [3.8, 4) is 0 Å². The molecule has 3 saturated heterocycles. The van der Waals surface area contributed by atoms with Crippen LogP contribution in [0.3, 0.4) is 0 Å². The first-order valence-corrected chi connectivity index (χ1v) is 9.54. The van der Waals surface area contributed by atoms with Gasteiger partial charge >= 0.3 is 0 Å². The maximum atomic E-state index is 12.9. The molecule has 0 bridgehead atoms. The van der Waals surface area contributed by atoms with E-state index in [-0.39, 0.29) is 12.4 Å². The molecule has 0 radical (unpaired) electrons. The Morgan fingerprint density at radius 1 is 0.913 bits per heavy atom. The molecule has 132 valence electrons. The first-order chi connectivity index (χ1) is 10.8. The highest BCUT2D eigenvalue weighted by Crippen LogP contribution is 2.35. The van der Waals surface area contributed by atoms with Gasteiger partial charge in [-0.3, -0.25) is 9.69 Å². The fourth-order valence-corrected chi connectivity index (χ4v) is 5.47. The predicted molar refractivity (Wildman–Crippen MR) is 94.8 cm³/mol. The number of amides is 1. The molecule has 4 aliphatic rings. The van der Waals surface area contributed by atoms with Gasteiger partial charge < -0.3 is 10.2 Å². The average molecular weight is 342 g/mol. The van der Waals surface area contributed by atoms with Crippen molar-refractivity contribution < 1.29 is 4.79 Å². The minimum Gasteiger partial charge on any atom is -0.338 e. The van der Waals surface area contributed by atoms with Crippen LogP contribution < -0.4 is 5.32 Å². The van der Waals surface area contributed by atoms with Crippen LogP contribution in [0.4, 0.5) is 0 Å². The molecule has 4 atom stereocenters. The van der Waals surface area contributed by atoms with Crippen LogP contribution in [-0.2, 0) is 4.79 Å². The summed E-state index contributed by atoms with van der Waals surface area (Å²) in [5, 5.41) is 3.52. The lowest BCUT2D eigenvalue weighted by Gasteiger charge is -2.45. The summed E-state index contributed by atoms with van der Waals surface area (Å²) in [6, 6.07) is 0.570. The van der Waals surface area contributed by atoms with Crippen LogP contribution >= 0.6 is 12.4 Å². The second-order valence-corrected chi connectivity index (χ2v) is 8.04. The van der Waals surface area contributed by atoms with E-state index in [0.29, 0.717) is 18.5 Å². The average Bonchev–Trinajstić information content (AvgIpc) is 3.02. The maximum Gasteiger partial charge on any atom is 0.237 e. The van der Waals surface area contributed by atoms with E-state index in [2.05, 4.69) is 15.1 Å². The number of halogens is 1. The van der Waals surface area contributed by atoms with E-state index in [9.17, 15) is 4.79 Å². The van der Waals surface area contributed by atoms with Crippen LogP contribution in [0.5, 0.6) is 0 Å². The molecule has 0 aromatic heterocycles. The highest BCUT2D eigenvalue weighted by Gasteiger charge is 2.37. The van der Waals surface area contributed by atoms with Crippen molar-refractivity contribution in [1.82, 2.24) is 15.1 Å². The van der Waals surface area contributed by atoms with Crippen molar-refractivity contribution in [2.45, 2.75) is 51.0 Å². The lowest BCUT2D eigenvalue weighted by molar-refractivity contribution is -0.139. The first kappa shape index (κ1) is 17.5. The third kappa shape index (κ3) is 3.69. The zero-order valence-corrected chi connectivity index (χ0v) is 15.0. The molecule has 0 spiro atoms. The summed E-state index contributed by atoms with van der Waals surface area (Å²) in [4.78, 5) is 17.6. The van der Waals surface area contributed by atoms with Crippen LogP contribution in [0.1, 0.15) is 44.9 Å². The summed E-state index contributed by atoms with van der Waals surface area (Å²) < 4.78 is 0. The van der Waals surface area contributed by atoms with Crippen molar-refractivity contribution in [2.24, 2.45) is 17.8 Å². The number of hydrogen-bond acceptors (Lipinski definition) is 3. The van der Waals surface area contributed by atoms with Gasteiger partial charge in [0.15, 0.2) is 0 Å². The van der Waals surface area contributed by atoms with Crippen LogP contribution in [0.2, 0.25) is 0 Å². The monoisotopic (exact) mass is 341 g/mol. The smallest absolute Gasteiger partial charge is 0.237 e. The summed E-state index contributed by atoms with van der Waals surface area (Å²) in [5.74, 6) is 2.87. The van der Waals surface area contributed by atoms with Gasteiger partial charge in [-0.2, -0.15) is 0 Å². The van der Waals surface area contributed by atoms with Gasteiger partial charge in [0, 0.05) is 19.1 Å². The molecule has 4 nitrogen and oxygen atoms in total. The lowest BCUT2D eigenvalue weighted by Crippen LogP contribution is -2.53. The molecule has 1 aliphatic carbocycles. The lowest BCUT2D eigenvalue weighted by atomic mass is 9.78. The largest absolute Gasteiger partial charge is 0.338 e. The Kier molecular flexibility index (Phi) is 5.87. The number of hydrogen-bond donors (Lipinski definition) is 1. The zero-order chi connectivity index (χ0) is 14.9. The fourth-order valence-electron chi connectivity index (χ4n) is 5.47. The molecular formula is C18H32ClN3O. The fraction of sp³-hybridized carbons (Fsp3) is 0.944. The number of carbonyl (C=O) groups excluding carboxylic acids is 1. The highest BCUT2D eigenvalue weighted by molar-refractivity contribution is 5.85. The van der Waals surface area contributed by atoms with Gasteiger partial charge in [0.2, 0.25) is 5.91 Å². The zero-order valence-electron chi connectivity index (χ0n) is 14.2. The molecule has 5 heteroatoms. The Labute approximate surface area is 146 Å². The van der Waals surface area contributed by atoms with Crippen LogP contribution in [0, 0.1) is 17.8 Å². The van der Waals surface area contributed by atoms with Crippen LogP contribution in [0.15, 0.2) is 0 Å². The predicted octanol–water partition coefficient (Wildman–Crippen LogP) is 2.13. The second-order valence-electron chi connectivity index (χ2n) is 8.04. The molecule has 3 aliphatic heterocycles. The molecule has 1 amide bonds. The van der Waals surface area contributed by atoms with Gasteiger partial charge in [-0.05, 0) is 69.5 Å². The van der Waals surface area contributed by atoms with Gasteiger partial charge in [-0.25, -0.2) is 0 Å². The van der Waals surface area contributed by atoms with E-state index < -0.39 is 0 Å². The summed E-state index contributed by atoms with van der Waals surface area (Å²) >= 11 is 0. The van der Waals surface area contributed by atoms with Gasteiger partial charge in [-0.15, -0.1) is 12.4 Å². The molecule has 23 heavy (non-hydrogen) atoms. The molecule has 0 aromatic carbocycles. The normalized spacial score (nSPS) is 37.7. The Bertz CT molecular complexity index is 417. The molecule has 3 heterocycles. The third-order valence-electron chi connectivity index (χ3n) is 6.71. The van der Waals surface area contributed by atoms with E-state index in [1.54, 1.807) is 0 Å². The molecule has 1 saturated carbocycles. The SMILES string of the molecule is Cl.O=C(CN1CCC2CNCC2C1)N1CCCC2CCCCC21. The van der Waals surface area contributed by atoms with Crippen LogP contribution in [0.25, 0.3) is 0 Å². The Balaban J connectivity index is 0.00000156. The number of piperidine rings is 2. The number of fused-ring (bicyclic) bond motifs is 2. The Hall–Kier alpha value is -0.320. The standard InChI is InChI=1S/C18H31N3O.ClH/c22-18(13-20-9-7-15-10-19-11-16(15)12-20)21-8-3-5-14-4-1-2-6-17(14)21;/h14-17,19H,1-13H2;1H. The third-order valence-corrected chi connectivity index (χ3v) is 6.71. The Morgan fingerprint density at radius 2 is 1.70 bits per heavy atom. The molecule has 4 rings (SSSR count). The van der Waals surface area contributed by atoms with Crippen molar-refractivity contribution in [2.75, 3.05) is 39.3 Å². The van der Waals surface area contributed by atoms with Gasteiger partial charge in [0.25, 0.3) is 0 Å². The minimum atomic E-state index is 0. The van der Waals surface area contributed by atoms with Gasteiger partial charge in [0.1, 0.15) is 0 Å². The molecule has 4 unspecified atom stereocenters. The molecule has 4 fully saturated rings. The molecule has 1 N–H and O–H groups in total.